The standard InChI is InChI=1S/C20H18N4O8/c1-19(31)7-2-3-9(23-24-22)14(26)11(7)15(27)12-8(19)4-6-5-10(25)13(18(21)30)17(29)20(6,32)16(12)28/h2-3,6,8,12-13,26,31-32H,4-5H2,1H3,(H2,21,30)/t6-,8-,12?,13?,19-,20-/m0/s1. The molecule has 0 spiro atoms. The van der Waals surface area contributed by atoms with E-state index in [9.17, 15) is 39.3 Å². The maximum Gasteiger partial charge on any atom is 0.235 e. The largest absolute Gasteiger partial charge is 0.507 e. The predicted molar refractivity (Wildman–Crippen MR) is 103 cm³/mol. The molecule has 3 aliphatic rings. The van der Waals surface area contributed by atoms with Crippen LogP contribution in [0.15, 0.2) is 17.2 Å². The van der Waals surface area contributed by atoms with E-state index in [1.807, 2.05) is 0 Å². The number of ketones is 4. The third-order valence-electron chi connectivity index (χ3n) is 6.99. The molecule has 1 aromatic rings. The van der Waals surface area contributed by atoms with Crippen LogP contribution in [0.1, 0.15) is 35.7 Å². The van der Waals surface area contributed by atoms with Gasteiger partial charge in [-0.25, -0.2) is 0 Å². The number of aromatic hydroxyl groups is 1. The van der Waals surface area contributed by atoms with Gasteiger partial charge in [-0.05, 0) is 30.5 Å². The van der Waals surface area contributed by atoms with Crippen molar-refractivity contribution in [1.29, 1.82) is 0 Å². The number of carbonyl (C=O) groups is 5. The lowest BCUT2D eigenvalue weighted by molar-refractivity contribution is -0.182. The smallest absolute Gasteiger partial charge is 0.235 e. The highest BCUT2D eigenvalue weighted by molar-refractivity contribution is 6.31. The number of nitrogens with two attached hydrogens (primary N) is 1. The third-order valence-corrected chi connectivity index (χ3v) is 6.99. The molecular weight excluding hydrogens is 424 g/mol. The predicted octanol–water partition coefficient (Wildman–Crippen LogP) is -0.0663. The van der Waals surface area contributed by atoms with Crippen LogP contribution in [-0.4, -0.2) is 50.0 Å². The lowest BCUT2D eigenvalue weighted by Gasteiger charge is -2.52. The van der Waals surface area contributed by atoms with Crippen LogP contribution < -0.4 is 5.73 Å². The first-order valence-electron chi connectivity index (χ1n) is 9.70. The van der Waals surface area contributed by atoms with Crippen molar-refractivity contribution < 1.29 is 39.3 Å². The van der Waals surface area contributed by atoms with Crippen molar-refractivity contribution in [1.82, 2.24) is 0 Å². The van der Waals surface area contributed by atoms with Crippen molar-refractivity contribution in [2.24, 2.45) is 34.5 Å². The van der Waals surface area contributed by atoms with Crippen LogP contribution in [0.2, 0.25) is 0 Å². The Kier molecular flexibility index (Phi) is 4.53. The topological polar surface area (TPSA) is 221 Å². The molecule has 166 valence electrons. The van der Waals surface area contributed by atoms with Crippen molar-refractivity contribution in [3.8, 4) is 5.75 Å². The maximum absolute atomic E-state index is 13.4. The number of amides is 1. The second kappa shape index (κ2) is 6.70. The summed E-state index contributed by atoms with van der Waals surface area (Å²) < 4.78 is 0. The number of fused-ring (bicyclic) bond motifs is 3. The number of nitrogens with zero attached hydrogens (tertiary/aromatic N) is 3. The molecule has 0 saturated heterocycles. The summed E-state index contributed by atoms with van der Waals surface area (Å²) in [4.78, 5) is 66.1. The van der Waals surface area contributed by atoms with Crippen molar-refractivity contribution in [3.63, 3.8) is 0 Å². The molecule has 6 atom stereocenters. The molecule has 2 fully saturated rings. The molecule has 5 N–H and O–H groups in total. The van der Waals surface area contributed by atoms with E-state index in [0.29, 0.717) is 0 Å². The van der Waals surface area contributed by atoms with Gasteiger partial charge in [0.05, 0.1) is 22.8 Å². The normalized spacial score (nSPS) is 36.0. The van der Waals surface area contributed by atoms with Gasteiger partial charge in [-0.2, -0.15) is 0 Å². The number of hydrogen-bond donors (Lipinski definition) is 4. The van der Waals surface area contributed by atoms with Crippen molar-refractivity contribution in [2.75, 3.05) is 0 Å². The van der Waals surface area contributed by atoms with Gasteiger partial charge in [0.1, 0.15) is 5.75 Å². The molecule has 32 heavy (non-hydrogen) atoms. The van der Waals surface area contributed by atoms with Gasteiger partial charge < -0.3 is 21.1 Å². The zero-order chi connectivity index (χ0) is 23.7. The summed E-state index contributed by atoms with van der Waals surface area (Å²) in [5.74, 6) is -12.7. The molecule has 0 radical (unpaired) electrons. The lowest BCUT2D eigenvalue weighted by Crippen LogP contribution is -2.69. The van der Waals surface area contributed by atoms with Crippen LogP contribution in [0.25, 0.3) is 10.4 Å². The van der Waals surface area contributed by atoms with Gasteiger partial charge in [-0.15, -0.1) is 0 Å². The molecule has 0 aromatic heterocycles. The number of aliphatic hydroxyl groups is 2. The molecular formula is C20H18N4O8. The van der Waals surface area contributed by atoms with Crippen molar-refractivity contribution in [2.45, 2.75) is 31.0 Å². The number of phenolic OH excluding ortho intramolecular Hbond substituents is 1. The summed E-state index contributed by atoms with van der Waals surface area (Å²) >= 11 is 0. The number of primary amides is 1. The van der Waals surface area contributed by atoms with Gasteiger partial charge in [0.2, 0.25) is 5.91 Å². The Morgan fingerprint density at radius 1 is 1.22 bits per heavy atom. The minimum Gasteiger partial charge on any atom is -0.507 e. The first-order chi connectivity index (χ1) is 14.9. The molecule has 0 bridgehead atoms. The second-order valence-corrected chi connectivity index (χ2v) is 8.57. The summed E-state index contributed by atoms with van der Waals surface area (Å²) in [5.41, 5.74) is 8.25. The Balaban J connectivity index is 1.91. The average Bonchev–Trinajstić information content (AvgIpc) is 2.70. The molecule has 12 nitrogen and oxygen atoms in total. The minimum atomic E-state index is -2.82. The van der Waals surface area contributed by atoms with E-state index in [1.54, 1.807) is 0 Å². The van der Waals surface area contributed by atoms with Gasteiger partial charge >= 0.3 is 0 Å². The van der Waals surface area contributed by atoms with E-state index in [1.165, 1.54) is 19.1 Å². The molecule has 4 rings (SSSR count). The molecule has 12 heteroatoms. The van der Waals surface area contributed by atoms with Crippen LogP contribution in [0.5, 0.6) is 5.75 Å². The van der Waals surface area contributed by atoms with E-state index >= 15 is 0 Å². The highest BCUT2D eigenvalue weighted by Crippen LogP contribution is 2.56. The molecule has 2 unspecified atom stereocenters. The van der Waals surface area contributed by atoms with Gasteiger partial charge in [-0.1, -0.05) is 11.2 Å². The maximum atomic E-state index is 13.4. The Morgan fingerprint density at radius 2 is 1.88 bits per heavy atom. The Labute approximate surface area is 179 Å². The van der Waals surface area contributed by atoms with Gasteiger partial charge in [0.25, 0.3) is 0 Å². The van der Waals surface area contributed by atoms with E-state index in [0.717, 1.165) is 0 Å². The van der Waals surface area contributed by atoms with Crippen LogP contribution in [0.3, 0.4) is 0 Å². The summed E-state index contributed by atoms with van der Waals surface area (Å²) in [6, 6.07) is 2.47. The first-order valence-corrected chi connectivity index (χ1v) is 9.70. The lowest BCUT2D eigenvalue weighted by atomic mass is 9.51. The molecule has 0 aliphatic heterocycles. The SMILES string of the molecule is C[C@]1(O)c2ccc(N=[N+]=[N-])c(O)c2C(=O)C2C(=O)[C@]3(O)C(=O)C(C(N)=O)C(=O)C[C@@H]3C[C@@H]21. The Morgan fingerprint density at radius 3 is 2.47 bits per heavy atom. The number of carbonyl (C=O) groups excluding carboxylic acids is 5. The zero-order valence-corrected chi connectivity index (χ0v) is 16.7. The van der Waals surface area contributed by atoms with Gasteiger partial charge in [0.15, 0.2) is 34.7 Å². The highest BCUT2D eigenvalue weighted by atomic mass is 16.3. The van der Waals surface area contributed by atoms with Crippen LogP contribution in [0, 0.1) is 23.7 Å². The van der Waals surface area contributed by atoms with E-state index in [-0.39, 0.29) is 17.7 Å². The van der Waals surface area contributed by atoms with E-state index in [2.05, 4.69) is 10.0 Å². The number of phenols is 1. The third kappa shape index (κ3) is 2.51. The number of rotatable bonds is 2. The molecule has 1 amide bonds. The fourth-order valence-corrected chi connectivity index (χ4v) is 5.39. The molecule has 0 heterocycles. The zero-order valence-electron chi connectivity index (χ0n) is 16.7. The average molecular weight is 442 g/mol. The Hall–Kier alpha value is -3.60. The Bertz CT molecular complexity index is 1180. The van der Waals surface area contributed by atoms with E-state index < -0.39 is 81.6 Å². The highest BCUT2D eigenvalue weighted by Gasteiger charge is 2.68. The quantitative estimate of drug-likeness (QED) is 0.209. The van der Waals surface area contributed by atoms with Crippen LogP contribution in [-0.2, 0) is 24.8 Å². The number of hydrogen-bond acceptors (Lipinski definition) is 9. The van der Waals surface area contributed by atoms with Crippen molar-refractivity contribution >= 4 is 34.7 Å². The summed E-state index contributed by atoms with van der Waals surface area (Å²) in [6.07, 6.45) is -0.768. The van der Waals surface area contributed by atoms with Crippen LogP contribution in [0.4, 0.5) is 5.69 Å². The monoisotopic (exact) mass is 442 g/mol. The second-order valence-electron chi connectivity index (χ2n) is 8.57. The number of azide groups is 1. The molecule has 1 aromatic carbocycles. The number of benzene rings is 1. The van der Waals surface area contributed by atoms with Crippen molar-refractivity contribution in [3.05, 3.63) is 33.7 Å². The molecule has 2 saturated carbocycles. The van der Waals surface area contributed by atoms with Crippen LogP contribution >= 0.6 is 0 Å². The summed E-state index contributed by atoms with van der Waals surface area (Å²) in [7, 11) is 0. The first kappa shape index (κ1) is 21.6. The summed E-state index contributed by atoms with van der Waals surface area (Å²) in [6.45, 7) is 1.30. The van der Waals surface area contributed by atoms with Gasteiger partial charge in [-0.3, -0.25) is 24.0 Å². The minimum absolute atomic E-state index is 0.0279. The number of Topliss-reactive ketones (excluding diaryl/α,β-unsaturated/α-hetero) is 4. The van der Waals surface area contributed by atoms with E-state index in [4.69, 9.17) is 11.3 Å². The fraction of sp³-hybridized carbons (Fsp3) is 0.450. The molecule has 3 aliphatic carbocycles. The fourth-order valence-electron chi connectivity index (χ4n) is 5.39. The van der Waals surface area contributed by atoms with Gasteiger partial charge in [0, 0.05) is 23.2 Å². The summed E-state index contributed by atoms with van der Waals surface area (Å²) in [5, 5.41) is 36.2.